The number of methoxy groups -OCH3 is 1. The predicted octanol–water partition coefficient (Wildman–Crippen LogP) is 2.79. The van der Waals surface area contributed by atoms with E-state index in [1.165, 1.54) is 13.5 Å². The fourth-order valence-electron chi connectivity index (χ4n) is 3.33. The lowest BCUT2D eigenvalue weighted by Gasteiger charge is -2.22. The standard InChI is InChI=1S/C15H18O3/c1-17-13(16)15(12-8-4-2-5-9-12)14(18-15)10-6-3-7-11-14/h2,4-5,8-9H,3,6-7,10-11H2,1H3. The first kappa shape index (κ1) is 11.7. The number of ether oxygens (including phenoxy) is 2. The van der Waals surface area contributed by atoms with Crippen molar-refractivity contribution in [2.45, 2.75) is 43.3 Å². The molecule has 18 heavy (non-hydrogen) atoms. The molecule has 1 spiro atoms. The van der Waals surface area contributed by atoms with E-state index in [4.69, 9.17) is 9.47 Å². The molecular formula is C15H18O3. The highest BCUT2D eigenvalue weighted by Crippen LogP contribution is 2.62. The molecule has 1 aromatic carbocycles. The Kier molecular flexibility index (Phi) is 2.67. The maximum Gasteiger partial charge on any atom is 0.345 e. The molecule has 3 heteroatoms. The molecule has 1 aromatic rings. The van der Waals surface area contributed by atoms with Crippen LogP contribution in [0.5, 0.6) is 0 Å². The van der Waals surface area contributed by atoms with Gasteiger partial charge in [0.2, 0.25) is 5.60 Å². The van der Waals surface area contributed by atoms with Gasteiger partial charge in [-0.2, -0.15) is 0 Å². The average molecular weight is 246 g/mol. The Balaban J connectivity index is 2.00. The third-order valence-corrected chi connectivity index (χ3v) is 4.26. The van der Waals surface area contributed by atoms with Crippen LogP contribution in [0.1, 0.15) is 37.7 Å². The molecule has 0 aromatic heterocycles. The van der Waals surface area contributed by atoms with Gasteiger partial charge in [0.15, 0.2) is 0 Å². The second-order valence-corrected chi connectivity index (χ2v) is 5.20. The van der Waals surface area contributed by atoms with E-state index < -0.39 is 5.60 Å². The van der Waals surface area contributed by atoms with Crippen molar-refractivity contribution in [3.05, 3.63) is 35.9 Å². The molecule has 1 saturated carbocycles. The van der Waals surface area contributed by atoms with Crippen LogP contribution in [0.4, 0.5) is 0 Å². The molecule has 3 nitrogen and oxygen atoms in total. The summed E-state index contributed by atoms with van der Waals surface area (Å²) in [5.41, 5.74) is -0.220. The molecule has 3 rings (SSSR count). The van der Waals surface area contributed by atoms with Crippen LogP contribution >= 0.6 is 0 Å². The van der Waals surface area contributed by atoms with Gasteiger partial charge in [-0.1, -0.05) is 49.6 Å². The summed E-state index contributed by atoms with van der Waals surface area (Å²) in [5.74, 6) is -0.254. The number of carbonyl (C=O) groups is 1. The third kappa shape index (κ3) is 1.43. The molecule has 1 saturated heterocycles. The Hall–Kier alpha value is -1.35. The van der Waals surface area contributed by atoms with Gasteiger partial charge in [-0.05, 0) is 18.4 Å². The lowest BCUT2D eigenvalue weighted by molar-refractivity contribution is -0.147. The molecule has 2 aliphatic rings. The number of esters is 1. The minimum absolute atomic E-state index is 0.254. The van der Waals surface area contributed by atoms with Gasteiger partial charge < -0.3 is 9.47 Å². The van der Waals surface area contributed by atoms with Crippen molar-refractivity contribution in [1.82, 2.24) is 0 Å². The Morgan fingerprint density at radius 3 is 2.44 bits per heavy atom. The molecule has 1 heterocycles. The van der Waals surface area contributed by atoms with Gasteiger partial charge in [-0.25, -0.2) is 4.79 Å². The van der Waals surface area contributed by atoms with Gasteiger partial charge in [-0.15, -0.1) is 0 Å². The molecular weight excluding hydrogens is 228 g/mol. The third-order valence-electron chi connectivity index (χ3n) is 4.26. The normalized spacial score (nSPS) is 28.9. The average Bonchev–Trinajstić information content (AvgIpc) is 3.08. The van der Waals surface area contributed by atoms with E-state index in [0.29, 0.717) is 0 Å². The number of hydrogen-bond donors (Lipinski definition) is 0. The fourth-order valence-corrected chi connectivity index (χ4v) is 3.33. The highest BCUT2D eigenvalue weighted by Gasteiger charge is 2.75. The molecule has 0 N–H and O–H groups in total. The van der Waals surface area contributed by atoms with Crippen molar-refractivity contribution >= 4 is 5.97 Å². The summed E-state index contributed by atoms with van der Waals surface area (Å²) < 4.78 is 11.0. The summed E-state index contributed by atoms with van der Waals surface area (Å²) >= 11 is 0. The first-order valence-electron chi connectivity index (χ1n) is 6.59. The SMILES string of the molecule is COC(=O)C1(c2ccccc2)OC12CCCCC2. The van der Waals surface area contributed by atoms with E-state index >= 15 is 0 Å². The molecule has 0 radical (unpaired) electrons. The number of epoxide rings is 1. The van der Waals surface area contributed by atoms with Crippen LogP contribution in [0, 0.1) is 0 Å². The zero-order valence-corrected chi connectivity index (χ0v) is 10.6. The van der Waals surface area contributed by atoms with Gasteiger partial charge in [0.25, 0.3) is 0 Å². The van der Waals surface area contributed by atoms with E-state index in [1.807, 2.05) is 30.3 Å². The van der Waals surface area contributed by atoms with Gasteiger partial charge >= 0.3 is 5.97 Å². The maximum atomic E-state index is 12.2. The molecule has 0 amide bonds. The van der Waals surface area contributed by atoms with Gasteiger partial charge in [0.1, 0.15) is 5.60 Å². The monoisotopic (exact) mass is 246 g/mol. The second kappa shape index (κ2) is 4.09. The summed E-state index contributed by atoms with van der Waals surface area (Å²) in [5, 5.41) is 0. The van der Waals surface area contributed by atoms with E-state index in [-0.39, 0.29) is 11.6 Å². The molecule has 0 bridgehead atoms. The number of hydrogen-bond acceptors (Lipinski definition) is 3. The van der Waals surface area contributed by atoms with E-state index in [9.17, 15) is 4.79 Å². The summed E-state index contributed by atoms with van der Waals surface area (Å²) in [6.07, 6.45) is 5.41. The molecule has 96 valence electrons. The summed E-state index contributed by atoms with van der Waals surface area (Å²) in [6.45, 7) is 0. The van der Waals surface area contributed by atoms with E-state index in [2.05, 4.69) is 0 Å². The van der Waals surface area contributed by atoms with E-state index in [0.717, 1.165) is 31.2 Å². The summed E-state index contributed by atoms with van der Waals surface area (Å²) in [6, 6.07) is 9.75. The Morgan fingerprint density at radius 1 is 1.17 bits per heavy atom. The van der Waals surface area contributed by atoms with Crippen molar-refractivity contribution in [2.24, 2.45) is 0 Å². The van der Waals surface area contributed by atoms with Crippen LogP contribution in [0.15, 0.2) is 30.3 Å². The van der Waals surface area contributed by atoms with Crippen LogP contribution in [-0.4, -0.2) is 18.7 Å². The van der Waals surface area contributed by atoms with Crippen LogP contribution < -0.4 is 0 Å². The topological polar surface area (TPSA) is 38.8 Å². The molecule has 1 aliphatic carbocycles. The predicted molar refractivity (Wildman–Crippen MR) is 67.0 cm³/mol. The minimum atomic E-state index is -0.844. The zero-order valence-electron chi connectivity index (χ0n) is 10.6. The van der Waals surface area contributed by atoms with Gasteiger partial charge in [0, 0.05) is 0 Å². The van der Waals surface area contributed by atoms with Crippen molar-refractivity contribution in [3.63, 3.8) is 0 Å². The Bertz CT molecular complexity index is 448. The Morgan fingerprint density at radius 2 is 1.83 bits per heavy atom. The summed E-state index contributed by atoms with van der Waals surface area (Å²) in [4.78, 5) is 12.2. The lowest BCUT2D eigenvalue weighted by atomic mass is 9.77. The quantitative estimate of drug-likeness (QED) is 0.595. The van der Waals surface area contributed by atoms with Crippen molar-refractivity contribution < 1.29 is 14.3 Å². The molecule has 1 aliphatic heterocycles. The first-order chi connectivity index (χ1) is 8.75. The lowest BCUT2D eigenvalue weighted by Crippen LogP contribution is -2.34. The molecule has 1 atom stereocenters. The number of carbonyl (C=O) groups excluding carboxylic acids is 1. The number of benzene rings is 1. The van der Waals surface area contributed by atoms with E-state index in [1.54, 1.807) is 0 Å². The van der Waals surface area contributed by atoms with Crippen LogP contribution in [0.25, 0.3) is 0 Å². The largest absolute Gasteiger partial charge is 0.467 e. The zero-order chi connectivity index (χ0) is 12.6. The first-order valence-corrected chi connectivity index (χ1v) is 6.59. The van der Waals surface area contributed by atoms with Crippen molar-refractivity contribution in [1.29, 1.82) is 0 Å². The minimum Gasteiger partial charge on any atom is -0.467 e. The smallest absolute Gasteiger partial charge is 0.345 e. The van der Waals surface area contributed by atoms with Crippen molar-refractivity contribution in [2.75, 3.05) is 7.11 Å². The highest BCUT2D eigenvalue weighted by molar-refractivity contribution is 5.86. The maximum absolute atomic E-state index is 12.2. The van der Waals surface area contributed by atoms with Crippen molar-refractivity contribution in [3.8, 4) is 0 Å². The molecule has 2 fully saturated rings. The Labute approximate surface area is 107 Å². The fraction of sp³-hybridized carbons (Fsp3) is 0.533. The molecule has 1 unspecified atom stereocenters. The highest BCUT2D eigenvalue weighted by atomic mass is 16.7. The van der Waals surface area contributed by atoms with Crippen LogP contribution in [0.2, 0.25) is 0 Å². The van der Waals surface area contributed by atoms with Crippen LogP contribution in [0.3, 0.4) is 0 Å². The van der Waals surface area contributed by atoms with Crippen LogP contribution in [-0.2, 0) is 19.9 Å². The van der Waals surface area contributed by atoms with Gasteiger partial charge in [-0.3, -0.25) is 0 Å². The number of rotatable bonds is 2. The summed E-state index contributed by atoms with van der Waals surface area (Å²) in [7, 11) is 1.44. The van der Waals surface area contributed by atoms with Gasteiger partial charge in [0.05, 0.1) is 7.11 Å². The second-order valence-electron chi connectivity index (χ2n) is 5.20.